The largest absolute Gasteiger partial charge is 0.334 e. The van der Waals surface area contributed by atoms with E-state index in [0.29, 0.717) is 37.9 Å². The first-order chi connectivity index (χ1) is 20.2. The minimum atomic E-state index is -1.06. The van der Waals surface area contributed by atoms with E-state index in [4.69, 9.17) is 0 Å². The van der Waals surface area contributed by atoms with E-state index in [1.54, 1.807) is 0 Å². The van der Waals surface area contributed by atoms with Crippen LogP contribution in [0.2, 0.25) is 0 Å². The Morgan fingerprint density at radius 1 is 1.12 bits per heavy atom. The van der Waals surface area contributed by atoms with E-state index in [2.05, 4.69) is 69.1 Å². The number of urea groups is 1. The van der Waals surface area contributed by atoms with Gasteiger partial charge in [0.05, 0.1) is 30.5 Å². The number of piperidine rings is 2. The van der Waals surface area contributed by atoms with Crippen molar-refractivity contribution in [2.24, 2.45) is 17.8 Å². The second-order valence-electron chi connectivity index (χ2n) is 14.0. The highest BCUT2D eigenvalue weighted by atomic mass is 19.1. The third-order valence-electron chi connectivity index (χ3n) is 11.1. The first kappa shape index (κ1) is 30.2. The van der Waals surface area contributed by atoms with Gasteiger partial charge in [-0.1, -0.05) is 26.8 Å². The van der Waals surface area contributed by atoms with E-state index >= 15 is 4.39 Å². The zero-order chi connectivity index (χ0) is 29.7. The van der Waals surface area contributed by atoms with Gasteiger partial charge in [0, 0.05) is 50.2 Å². The van der Waals surface area contributed by atoms with Crippen molar-refractivity contribution >= 4 is 11.9 Å². The summed E-state index contributed by atoms with van der Waals surface area (Å²) in [6.45, 7) is 16.0. The van der Waals surface area contributed by atoms with Gasteiger partial charge in [0.2, 0.25) is 5.91 Å². The second kappa shape index (κ2) is 12.3. The summed E-state index contributed by atoms with van der Waals surface area (Å²) in [4.78, 5) is 33.2. The SMILES string of the molecule is C=CC(=O)N1C[C@H](C)N(C2NC(=O)N3C4NC(C(F)CC42)C2CNNN2CCCCC2CCNC(C(C)C)C23)C[C@H]1C. The number of carbonyl (C=O) groups excluding carboxylic acids is 2. The molecular weight excluding hydrogens is 537 g/mol. The second-order valence-corrected chi connectivity index (χ2v) is 14.0. The Kier molecular flexibility index (Phi) is 8.83. The van der Waals surface area contributed by atoms with Gasteiger partial charge in [-0.15, -0.1) is 0 Å². The molecular formula is C30H52FN9O2. The smallest absolute Gasteiger partial charge is 0.320 e. The zero-order valence-corrected chi connectivity index (χ0v) is 25.8. The number of nitrogens with zero attached hydrogens (tertiary/aromatic N) is 4. The summed E-state index contributed by atoms with van der Waals surface area (Å²) in [5, 5.41) is 13.1. The Morgan fingerprint density at radius 3 is 2.69 bits per heavy atom. The third kappa shape index (κ3) is 5.36. The van der Waals surface area contributed by atoms with Crippen molar-refractivity contribution in [1.29, 1.82) is 0 Å². The standard InChI is InChI=1S/C30H52FN9O2/c1-6-24(41)37-15-19(5)38(16-18(37)4)28-21-13-22(31)26-23-14-33-36-39(23)12-8-7-9-20-10-11-32-25(17(2)3)27(20)40(29(21)34-26)30(42)35-28/h6,17-23,25-29,32-34,36H,1,7-16H2,2-5H3,(H,35,42)/t18-,19+,20?,21?,22?,23?,25?,26?,27?,28?,29?/m1/s1. The minimum absolute atomic E-state index is 0.00946. The number of halogens is 1. The molecule has 0 saturated carbocycles. The number of nitrogens with one attached hydrogen (secondary N) is 5. The summed E-state index contributed by atoms with van der Waals surface area (Å²) in [6, 6.07) is -0.315. The highest BCUT2D eigenvalue weighted by molar-refractivity contribution is 5.87. The molecule has 11 nitrogen and oxygen atoms in total. The normalized spacial score (nSPS) is 43.6. The van der Waals surface area contributed by atoms with E-state index in [1.807, 2.05) is 11.8 Å². The van der Waals surface area contributed by atoms with E-state index in [1.165, 1.54) is 6.08 Å². The molecule has 6 saturated heterocycles. The van der Waals surface area contributed by atoms with Crippen LogP contribution in [0.25, 0.3) is 0 Å². The Morgan fingerprint density at radius 2 is 1.93 bits per heavy atom. The van der Waals surface area contributed by atoms with Crippen molar-refractivity contribution in [2.75, 3.05) is 32.7 Å². The molecule has 0 radical (unpaired) electrons. The number of rotatable bonds is 3. The number of hydrogen-bond acceptors (Lipinski definition) is 8. The highest BCUT2D eigenvalue weighted by Crippen LogP contribution is 2.40. The molecule has 6 fully saturated rings. The predicted octanol–water partition coefficient (Wildman–Crippen LogP) is 0.967. The Labute approximate surface area is 250 Å². The average molecular weight is 590 g/mol. The van der Waals surface area contributed by atoms with Gasteiger partial charge in [0.1, 0.15) is 6.17 Å². The van der Waals surface area contributed by atoms with Gasteiger partial charge in [0.15, 0.2) is 0 Å². The molecule has 0 aromatic carbocycles. The molecule has 3 amide bonds. The van der Waals surface area contributed by atoms with Gasteiger partial charge >= 0.3 is 6.03 Å². The van der Waals surface area contributed by atoms with E-state index in [9.17, 15) is 9.59 Å². The molecule has 9 unspecified atom stereocenters. The number of piperazine rings is 1. The third-order valence-corrected chi connectivity index (χ3v) is 11.1. The molecule has 5 N–H and O–H groups in total. The fraction of sp³-hybridized carbons (Fsp3) is 0.867. The predicted molar refractivity (Wildman–Crippen MR) is 159 cm³/mol. The van der Waals surface area contributed by atoms with E-state index in [-0.39, 0.29) is 60.4 Å². The number of carbonyl (C=O) groups is 2. The lowest BCUT2D eigenvalue weighted by atomic mass is 9.75. The topological polar surface area (TPSA) is 107 Å². The van der Waals surface area contributed by atoms with Crippen LogP contribution in [0, 0.1) is 17.8 Å². The van der Waals surface area contributed by atoms with Gasteiger partial charge < -0.3 is 20.4 Å². The fourth-order valence-electron chi connectivity index (χ4n) is 8.99. The van der Waals surface area contributed by atoms with Crippen molar-refractivity contribution in [3.8, 4) is 0 Å². The van der Waals surface area contributed by atoms with Crippen LogP contribution in [0.15, 0.2) is 12.7 Å². The monoisotopic (exact) mass is 589 g/mol. The van der Waals surface area contributed by atoms with Crippen molar-refractivity contribution in [3.63, 3.8) is 0 Å². The summed E-state index contributed by atoms with van der Waals surface area (Å²) in [5.74, 6) is 0.534. The molecule has 0 aliphatic carbocycles. The number of hydrogen-bond donors (Lipinski definition) is 5. The molecule has 42 heavy (non-hydrogen) atoms. The van der Waals surface area contributed by atoms with Crippen LogP contribution >= 0.6 is 0 Å². The Bertz CT molecular complexity index is 1020. The molecule has 236 valence electrons. The number of alkyl halides is 1. The van der Waals surface area contributed by atoms with Crippen molar-refractivity contribution in [2.45, 2.75) is 115 Å². The number of fused-ring (bicyclic) bond motifs is 5. The highest BCUT2D eigenvalue weighted by Gasteiger charge is 2.57. The van der Waals surface area contributed by atoms with Crippen molar-refractivity contribution in [1.82, 2.24) is 46.6 Å². The summed E-state index contributed by atoms with van der Waals surface area (Å²) < 4.78 is 16.4. The Balaban J connectivity index is 1.37. The molecule has 0 aromatic rings. The maximum Gasteiger partial charge on any atom is 0.320 e. The molecule has 0 spiro atoms. The molecule has 12 heteroatoms. The molecule has 6 rings (SSSR count). The summed E-state index contributed by atoms with van der Waals surface area (Å²) in [5.41, 5.74) is 6.54. The number of hydrazine groups is 2. The van der Waals surface area contributed by atoms with Gasteiger partial charge in [-0.3, -0.25) is 15.0 Å². The molecule has 11 atom stereocenters. The van der Waals surface area contributed by atoms with Crippen LogP contribution in [0.5, 0.6) is 0 Å². The first-order valence-corrected chi connectivity index (χ1v) is 16.4. The lowest BCUT2D eigenvalue weighted by molar-refractivity contribution is -0.136. The summed E-state index contributed by atoms with van der Waals surface area (Å²) >= 11 is 0. The van der Waals surface area contributed by atoms with Crippen LogP contribution in [0.4, 0.5) is 9.18 Å². The molecule has 6 heterocycles. The zero-order valence-electron chi connectivity index (χ0n) is 25.8. The van der Waals surface area contributed by atoms with Crippen LogP contribution in [0.3, 0.4) is 0 Å². The van der Waals surface area contributed by atoms with Crippen LogP contribution in [-0.4, -0.2) is 119 Å². The van der Waals surface area contributed by atoms with Gasteiger partial charge in [-0.05, 0) is 64.0 Å². The van der Waals surface area contributed by atoms with Gasteiger partial charge in [-0.2, -0.15) is 5.53 Å². The summed E-state index contributed by atoms with van der Waals surface area (Å²) in [7, 11) is 0. The molecule has 0 aromatic heterocycles. The van der Waals surface area contributed by atoms with E-state index in [0.717, 1.165) is 38.8 Å². The van der Waals surface area contributed by atoms with Crippen LogP contribution < -0.4 is 26.9 Å². The van der Waals surface area contributed by atoms with Gasteiger partial charge in [0.25, 0.3) is 0 Å². The van der Waals surface area contributed by atoms with Crippen LogP contribution in [-0.2, 0) is 4.79 Å². The molecule has 2 bridgehead atoms. The minimum Gasteiger partial charge on any atom is -0.334 e. The lowest BCUT2D eigenvalue weighted by Crippen LogP contribution is -2.80. The molecule has 6 aliphatic rings. The Hall–Kier alpha value is -1.83. The van der Waals surface area contributed by atoms with Crippen LogP contribution in [0.1, 0.15) is 59.8 Å². The number of amides is 3. The maximum atomic E-state index is 16.4. The maximum absolute atomic E-state index is 16.4. The van der Waals surface area contributed by atoms with Crippen molar-refractivity contribution < 1.29 is 14.0 Å². The van der Waals surface area contributed by atoms with Crippen molar-refractivity contribution in [3.05, 3.63) is 12.7 Å². The quantitative estimate of drug-likeness (QED) is 0.310. The first-order valence-electron chi connectivity index (χ1n) is 16.4. The lowest BCUT2D eigenvalue weighted by Gasteiger charge is -2.60. The average Bonchev–Trinajstić information content (AvgIpc) is 3.43. The molecule has 6 aliphatic heterocycles. The van der Waals surface area contributed by atoms with E-state index < -0.39 is 12.2 Å². The fourth-order valence-corrected chi connectivity index (χ4v) is 8.99. The van der Waals surface area contributed by atoms with Gasteiger partial charge in [-0.25, -0.2) is 19.6 Å². The summed E-state index contributed by atoms with van der Waals surface area (Å²) in [6.07, 6.45) is 4.32.